The summed E-state index contributed by atoms with van der Waals surface area (Å²) in [5.74, 6) is 0.960. The third-order valence-electron chi connectivity index (χ3n) is 4.13. The molecular weight excluding hydrogens is 240 g/mol. The van der Waals surface area contributed by atoms with Crippen molar-refractivity contribution in [3.63, 3.8) is 0 Å². The van der Waals surface area contributed by atoms with Crippen LogP contribution in [0.4, 0.5) is 11.4 Å². The Labute approximate surface area is 114 Å². The molecule has 1 fully saturated rings. The van der Waals surface area contributed by atoms with Crippen LogP contribution in [-0.2, 0) is 4.74 Å². The van der Waals surface area contributed by atoms with E-state index >= 15 is 0 Å². The van der Waals surface area contributed by atoms with Gasteiger partial charge in [-0.3, -0.25) is 0 Å². The van der Waals surface area contributed by atoms with Gasteiger partial charge in [0.05, 0.1) is 12.7 Å². The summed E-state index contributed by atoms with van der Waals surface area (Å²) in [5, 5.41) is 0. The molecule has 0 aromatic heterocycles. The van der Waals surface area contributed by atoms with Crippen molar-refractivity contribution in [2.45, 2.75) is 20.8 Å². The first-order chi connectivity index (χ1) is 8.93. The molecule has 0 radical (unpaired) electrons. The number of methoxy groups -OCH3 is 1. The molecule has 1 heterocycles. The van der Waals surface area contributed by atoms with Crippen LogP contribution in [0.3, 0.4) is 0 Å². The number of benzene rings is 1. The van der Waals surface area contributed by atoms with E-state index in [1.165, 1.54) is 7.11 Å². The van der Waals surface area contributed by atoms with E-state index in [1.807, 2.05) is 19.1 Å². The molecule has 1 aliphatic heterocycles. The lowest BCUT2D eigenvalue weighted by atomic mass is 10.0. The highest BCUT2D eigenvalue weighted by molar-refractivity contribution is 5.97. The van der Waals surface area contributed by atoms with Crippen molar-refractivity contribution in [1.29, 1.82) is 0 Å². The fraction of sp³-hybridized carbons (Fsp3) is 0.533. The highest BCUT2D eigenvalue weighted by atomic mass is 16.5. The Morgan fingerprint density at radius 3 is 2.42 bits per heavy atom. The summed E-state index contributed by atoms with van der Waals surface area (Å²) in [7, 11) is 1.38. The van der Waals surface area contributed by atoms with Crippen molar-refractivity contribution >= 4 is 17.3 Å². The summed E-state index contributed by atoms with van der Waals surface area (Å²) < 4.78 is 4.79. The SMILES string of the molecule is COC(=O)c1cc(N2CC(C)C(C)C2)cc(C)c1N. The number of nitrogen functional groups attached to an aromatic ring is 1. The lowest BCUT2D eigenvalue weighted by Crippen LogP contribution is -2.20. The zero-order valence-electron chi connectivity index (χ0n) is 12.1. The molecule has 2 N–H and O–H groups in total. The van der Waals surface area contributed by atoms with Crippen LogP contribution >= 0.6 is 0 Å². The van der Waals surface area contributed by atoms with Crippen LogP contribution in [0.15, 0.2) is 12.1 Å². The van der Waals surface area contributed by atoms with Gasteiger partial charge >= 0.3 is 5.97 Å². The number of carbonyl (C=O) groups is 1. The number of hydrogen-bond donors (Lipinski definition) is 1. The van der Waals surface area contributed by atoms with Gasteiger partial charge in [0.1, 0.15) is 0 Å². The van der Waals surface area contributed by atoms with E-state index in [0.717, 1.165) is 24.3 Å². The predicted octanol–water partition coefficient (Wildman–Crippen LogP) is 2.46. The normalized spacial score (nSPS) is 22.6. The monoisotopic (exact) mass is 262 g/mol. The van der Waals surface area contributed by atoms with Gasteiger partial charge in [0, 0.05) is 24.5 Å². The zero-order valence-corrected chi connectivity index (χ0v) is 12.1. The maximum Gasteiger partial charge on any atom is 0.340 e. The highest BCUT2D eigenvalue weighted by Gasteiger charge is 2.27. The molecule has 2 unspecified atom stereocenters. The minimum Gasteiger partial charge on any atom is -0.465 e. The van der Waals surface area contributed by atoms with E-state index in [-0.39, 0.29) is 5.97 Å². The number of hydrogen-bond acceptors (Lipinski definition) is 4. The lowest BCUT2D eigenvalue weighted by Gasteiger charge is -2.21. The molecule has 2 rings (SSSR count). The Morgan fingerprint density at radius 1 is 1.32 bits per heavy atom. The summed E-state index contributed by atoms with van der Waals surface area (Å²) in [5.41, 5.74) is 8.91. The first-order valence-electron chi connectivity index (χ1n) is 6.67. The van der Waals surface area contributed by atoms with Gasteiger partial charge in [-0.25, -0.2) is 4.79 Å². The van der Waals surface area contributed by atoms with Gasteiger partial charge < -0.3 is 15.4 Å². The Morgan fingerprint density at radius 2 is 1.89 bits per heavy atom. The number of esters is 1. The second-order valence-corrected chi connectivity index (χ2v) is 5.58. The largest absolute Gasteiger partial charge is 0.465 e. The highest BCUT2D eigenvalue weighted by Crippen LogP contribution is 2.31. The number of ether oxygens (including phenoxy) is 1. The topological polar surface area (TPSA) is 55.6 Å². The first kappa shape index (κ1) is 13.7. The molecule has 2 atom stereocenters. The number of rotatable bonds is 2. The summed E-state index contributed by atoms with van der Waals surface area (Å²) in [6.07, 6.45) is 0. The van der Waals surface area contributed by atoms with Crippen LogP contribution in [0.5, 0.6) is 0 Å². The molecule has 1 aliphatic rings. The minimum absolute atomic E-state index is 0.372. The minimum atomic E-state index is -0.372. The molecule has 1 saturated heterocycles. The van der Waals surface area contributed by atoms with E-state index in [0.29, 0.717) is 23.1 Å². The van der Waals surface area contributed by atoms with E-state index in [9.17, 15) is 4.79 Å². The van der Waals surface area contributed by atoms with Gasteiger partial charge in [-0.05, 0) is 36.5 Å². The average Bonchev–Trinajstić information content (AvgIpc) is 2.72. The van der Waals surface area contributed by atoms with Crippen LogP contribution in [0.25, 0.3) is 0 Å². The summed E-state index contributed by atoms with van der Waals surface area (Å²) in [6.45, 7) is 8.48. The number of nitrogens with two attached hydrogens (primary N) is 1. The Bertz CT molecular complexity index is 489. The van der Waals surface area contributed by atoms with Crippen molar-refractivity contribution < 1.29 is 9.53 Å². The van der Waals surface area contributed by atoms with Gasteiger partial charge in [-0.15, -0.1) is 0 Å². The van der Waals surface area contributed by atoms with Gasteiger partial charge in [0.2, 0.25) is 0 Å². The molecule has 0 bridgehead atoms. The van der Waals surface area contributed by atoms with Crippen molar-refractivity contribution in [3.8, 4) is 0 Å². The van der Waals surface area contributed by atoms with E-state index in [4.69, 9.17) is 10.5 Å². The lowest BCUT2D eigenvalue weighted by molar-refractivity contribution is 0.0602. The number of carbonyl (C=O) groups excluding carboxylic acids is 1. The van der Waals surface area contributed by atoms with Gasteiger partial charge in [-0.1, -0.05) is 13.8 Å². The summed E-state index contributed by atoms with van der Waals surface area (Å²) in [4.78, 5) is 14.1. The van der Waals surface area contributed by atoms with Crippen LogP contribution in [0, 0.1) is 18.8 Å². The molecule has 19 heavy (non-hydrogen) atoms. The maximum absolute atomic E-state index is 11.8. The number of aryl methyl sites for hydroxylation is 1. The second-order valence-electron chi connectivity index (χ2n) is 5.58. The molecule has 1 aromatic rings. The van der Waals surface area contributed by atoms with Crippen molar-refractivity contribution in [2.24, 2.45) is 11.8 Å². The summed E-state index contributed by atoms with van der Waals surface area (Å²) >= 11 is 0. The number of nitrogens with zero attached hydrogens (tertiary/aromatic N) is 1. The Balaban J connectivity index is 2.37. The third kappa shape index (κ3) is 2.53. The maximum atomic E-state index is 11.8. The average molecular weight is 262 g/mol. The van der Waals surface area contributed by atoms with Crippen LogP contribution in [0.2, 0.25) is 0 Å². The molecule has 4 nitrogen and oxygen atoms in total. The molecule has 0 saturated carbocycles. The quantitative estimate of drug-likeness (QED) is 0.657. The zero-order chi connectivity index (χ0) is 14.2. The molecule has 0 aliphatic carbocycles. The van der Waals surface area contributed by atoms with Crippen LogP contribution in [0.1, 0.15) is 29.8 Å². The van der Waals surface area contributed by atoms with Crippen molar-refractivity contribution in [3.05, 3.63) is 23.3 Å². The Hall–Kier alpha value is -1.71. The molecule has 0 spiro atoms. The Kier molecular flexibility index (Phi) is 3.69. The number of anilines is 2. The van der Waals surface area contributed by atoms with Crippen LogP contribution < -0.4 is 10.6 Å². The molecule has 104 valence electrons. The molecule has 0 amide bonds. The van der Waals surface area contributed by atoms with Crippen LogP contribution in [-0.4, -0.2) is 26.2 Å². The van der Waals surface area contributed by atoms with Gasteiger partial charge in [0.25, 0.3) is 0 Å². The first-order valence-corrected chi connectivity index (χ1v) is 6.67. The fourth-order valence-electron chi connectivity index (χ4n) is 2.58. The fourth-order valence-corrected chi connectivity index (χ4v) is 2.58. The van der Waals surface area contributed by atoms with Crippen molar-refractivity contribution in [1.82, 2.24) is 0 Å². The van der Waals surface area contributed by atoms with E-state index in [1.54, 1.807) is 0 Å². The molecular formula is C15H22N2O2. The van der Waals surface area contributed by atoms with Crippen molar-refractivity contribution in [2.75, 3.05) is 30.8 Å². The van der Waals surface area contributed by atoms with Gasteiger partial charge in [-0.2, -0.15) is 0 Å². The van der Waals surface area contributed by atoms with Gasteiger partial charge in [0.15, 0.2) is 0 Å². The predicted molar refractivity (Wildman–Crippen MR) is 77.5 cm³/mol. The smallest absolute Gasteiger partial charge is 0.340 e. The van der Waals surface area contributed by atoms with E-state index < -0.39 is 0 Å². The summed E-state index contributed by atoms with van der Waals surface area (Å²) in [6, 6.07) is 3.89. The van der Waals surface area contributed by atoms with E-state index in [2.05, 4.69) is 18.7 Å². The molecule has 1 aromatic carbocycles. The standard InChI is InChI=1S/C15H22N2O2/c1-9-5-12(17-7-10(2)11(3)8-17)6-13(14(9)16)15(18)19-4/h5-6,10-11H,7-8,16H2,1-4H3. The molecule has 4 heteroatoms. The second kappa shape index (κ2) is 5.11. The third-order valence-corrected chi connectivity index (χ3v) is 4.13.